The van der Waals surface area contributed by atoms with Crippen LogP contribution in [0.5, 0.6) is 0 Å². The molecule has 1 heterocycles. The van der Waals surface area contributed by atoms with Crippen molar-refractivity contribution >= 4 is 0 Å². The zero-order valence-corrected chi connectivity index (χ0v) is 13.4. The number of nitriles is 1. The molecule has 0 atom stereocenters. The Kier molecular flexibility index (Phi) is 3.71. The van der Waals surface area contributed by atoms with E-state index in [0.717, 1.165) is 22.3 Å². The van der Waals surface area contributed by atoms with E-state index in [0.29, 0.717) is 11.8 Å². The van der Waals surface area contributed by atoms with Gasteiger partial charge >= 0.3 is 0 Å². The van der Waals surface area contributed by atoms with Gasteiger partial charge in [0.2, 0.25) is 11.8 Å². The lowest BCUT2D eigenvalue weighted by Gasteiger charge is -2.16. The number of aryl methyl sites for hydroxylation is 1. The van der Waals surface area contributed by atoms with Gasteiger partial charge in [-0.25, -0.2) is 0 Å². The lowest BCUT2D eigenvalue weighted by atomic mass is 9.85. The summed E-state index contributed by atoms with van der Waals surface area (Å²) in [6.07, 6.45) is 0. The Morgan fingerprint density at radius 1 is 0.957 bits per heavy atom. The van der Waals surface area contributed by atoms with Crippen LogP contribution in [0.3, 0.4) is 0 Å². The average molecular weight is 303 g/mol. The number of hydrogen-bond donors (Lipinski definition) is 0. The lowest BCUT2D eigenvalue weighted by Crippen LogP contribution is -2.13. The molecule has 0 amide bonds. The summed E-state index contributed by atoms with van der Waals surface area (Å²) in [4.78, 5) is 0. The quantitative estimate of drug-likeness (QED) is 0.714. The van der Waals surface area contributed by atoms with Crippen LogP contribution in [0.25, 0.3) is 22.6 Å². The summed E-state index contributed by atoms with van der Waals surface area (Å²) in [6, 6.07) is 18.3. The van der Waals surface area contributed by atoms with Crippen LogP contribution in [-0.4, -0.2) is 10.2 Å². The van der Waals surface area contributed by atoms with Gasteiger partial charge in [0.15, 0.2) is 0 Å². The van der Waals surface area contributed by atoms with Crippen molar-refractivity contribution in [2.75, 3.05) is 0 Å². The fraction of sp³-hybridized carbons (Fsp3) is 0.211. The molecule has 2 aromatic carbocycles. The molecule has 0 aliphatic heterocycles. The summed E-state index contributed by atoms with van der Waals surface area (Å²) in [5, 5.41) is 17.3. The number of hydrogen-bond acceptors (Lipinski definition) is 4. The molecule has 23 heavy (non-hydrogen) atoms. The molecule has 3 aromatic rings. The Bertz CT molecular complexity index is 870. The van der Waals surface area contributed by atoms with Crippen LogP contribution in [0.1, 0.15) is 25.3 Å². The van der Waals surface area contributed by atoms with Gasteiger partial charge in [0.05, 0.1) is 11.5 Å². The molecule has 0 bridgehead atoms. The largest absolute Gasteiger partial charge is 0.421 e. The molecule has 0 N–H and O–H groups in total. The van der Waals surface area contributed by atoms with E-state index in [1.54, 1.807) is 6.92 Å². The van der Waals surface area contributed by atoms with Crippen LogP contribution in [0, 0.1) is 18.3 Å². The smallest absolute Gasteiger partial charge is 0.248 e. The maximum atomic E-state index is 9.25. The van der Waals surface area contributed by atoms with Crippen LogP contribution >= 0.6 is 0 Å². The maximum absolute atomic E-state index is 9.25. The van der Waals surface area contributed by atoms with Crippen LogP contribution in [0.15, 0.2) is 52.9 Å². The van der Waals surface area contributed by atoms with Crippen molar-refractivity contribution in [3.63, 3.8) is 0 Å². The maximum Gasteiger partial charge on any atom is 0.248 e. The average Bonchev–Trinajstić information content (AvgIpc) is 3.01. The van der Waals surface area contributed by atoms with E-state index in [9.17, 15) is 5.26 Å². The molecular formula is C19H17N3O. The molecule has 0 unspecified atom stereocenters. The first kappa shape index (κ1) is 15.0. The summed E-state index contributed by atoms with van der Waals surface area (Å²) in [5.41, 5.74) is 3.48. The Hall–Kier alpha value is -2.93. The first-order chi connectivity index (χ1) is 11.0. The summed E-state index contributed by atoms with van der Waals surface area (Å²) in [7, 11) is 0. The normalized spacial score (nSPS) is 11.2. The van der Waals surface area contributed by atoms with Gasteiger partial charge in [-0.2, -0.15) is 5.26 Å². The molecule has 1 aromatic heterocycles. The van der Waals surface area contributed by atoms with Crippen molar-refractivity contribution in [2.45, 2.75) is 26.2 Å². The van der Waals surface area contributed by atoms with E-state index in [1.165, 1.54) is 0 Å². The van der Waals surface area contributed by atoms with Crippen molar-refractivity contribution in [1.82, 2.24) is 10.2 Å². The third kappa shape index (κ3) is 2.86. The predicted octanol–water partition coefficient (Wildman–Crippen LogP) is 4.51. The minimum atomic E-state index is -0.498. The first-order valence-corrected chi connectivity index (χ1v) is 7.43. The standard InChI is InChI=1S/C19H17N3O/c1-13-21-22-18(23-13)17-7-5-4-6-16(17)14-8-10-15(11-9-14)19(2,3)12-20/h4-11H,1-3H3. The molecule has 4 heteroatoms. The van der Waals surface area contributed by atoms with E-state index < -0.39 is 5.41 Å². The monoisotopic (exact) mass is 303 g/mol. The summed E-state index contributed by atoms with van der Waals surface area (Å²) < 4.78 is 5.56. The zero-order chi connectivity index (χ0) is 16.4. The third-order valence-electron chi connectivity index (χ3n) is 3.88. The molecule has 4 nitrogen and oxygen atoms in total. The molecule has 0 saturated heterocycles. The van der Waals surface area contributed by atoms with Crippen LogP contribution in [-0.2, 0) is 5.41 Å². The Balaban J connectivity index is 2.05. The van der Waals surface area contributed by atoms with Crippen molar-refractivity contribution in [3.05, 3.63) is 60.0 Å². The molecule has 0 fully saturated rings. The second-order valence-corrected chi connectivity index (χ2v) is 5.99. The molecule has 3 rings (SSSR count). The van der Waals surface area contributed by atoms with Gasteiger partial charge < -0.3 is 4.42 Å². The summed E-state index contributed by atoms with van der Waals surface area (Å²) >= 11 is 0. The Morgan fingerprint density at radius 2 is 1.61 bits per heavy atom. The molecule has 0 aliphatic carbocycles. The molecule has 0 saturated carbocycles. The molecular weight excluding hydrogens is 286 g/mol. The fourth-order valence-electron chi connectivity index (χ4n) is 2.46. The van der Waals surface area contributed by atoms with E-state index in [1.807, 2.05) is 62.4 Å². The van der Waals surface area contributed by atoms with Gasteiger partial charge in [-0.05, 0) is 36.6 Å². The molecule has 0 aliphatic rings. The van der Waals surface area contributed by atoms with Gasteiger partial charge in [0, 0.05) is 12.5 Å². The van der Waals surface area contributed by atoms with Gasteiger partial charge in [0.25, 0.3) is 0 Å². The number of benzene rings is 2. The van der Waals surface area contributed by atoms with Crippen LogP contribution < -0.4 is 0 Å². The highest BCUT2D eigenvalue weighted by molar-refractivity contribution is 5.79. The van der Waals surface area contributed by atoms with Crippen molar-refractivity contribution in [1.29, 1.82) is 5.26 Å². The Labute approximate surface area is 135 Å². The van der Waals surface area contributed by atoms with Gasteiger partial charge in [-0.1, -0.05) is 42.5 Å². The van der Waals surface area contributed by atoms with Crippen molar-refractivity contribution in [3.8, 4) is 28.7 Å². The second-order valence-electron chi connectivity index (χ2n) is 5.99. The predicted molar refractivity (Wildman–Crippen MR) is 88.5 cm³/mol. The highest BCUT2D eigenvalue weighted by atomic mass is 16.4. The zero-order valence-electron chi connectivity index (χ0n) is 13.4. The van der Waals surface area contributed by atoms with Gasteiger partial charge in [-0.15, -0.1) is 10.2 Å². The van der Waals surface area contributed by atoms with Crippen LogP contribution in [0.2, 0.25) is 0 Å². The van der Waals surface area contributed by atoms with E-state index in [-0.39, 0.29) is 0 Å². The van der Waals surface area contributed by atoms with Gasteiger partial charge in [-0.3, -0.25) is 0 Å². The van der Waals surface area contributed by atoms with Crippen molar-refractivity contribution < 1.29 is 4.42 Å². The van der Waals surface area contributed by atoms with E-state index in [4.69, 9.17) is 4.42 Å². The lowest BCUT2D eigenvalue weighted by molar-refractivity contribution is 0.533. The third-order valence-corrected chi connectivity index (χ3v) is 3.88. The molecule has 114 valence electrons. The van der Waals surface area contributed by atoms with E-state index >= 15 is 0 Å². The van der Waals surface area contributed by atoms with Gasteiger partial charge in [0.1, 0.15) is 0 Å². The van der Waals surface area contributed by atoms with E-state index in [2.05, 4.69) is 16.3 Å². The SMILES string of the molecule is Cc1nnc(-c2ccccc2-c2ccc(C(C)(C)C#N)cc2)o1. The topological polar surface area (TPSA) is 62.7 Å². The Morgan fingerprint density at radius 3 is 2.17 bits per heavy atom. The van der Waals surface area contributed by atoms with Crippen molar-refractivity contribution in [2.24, 2.45) is 0 Å². The summed E-state index contributed by atoms with van der Waals surface area (Å²) in [5.74, 6) is 1.06. The highest BCUT2D eigenvalue weighted by Crippen LogP contribution is 2.32. The minimum absolute atomic E-state index is 0.498. The second kappa shape index (κ2) is 5.69. The first-order valence-electron chi connectivity index (χ1n) is 7.43. The summed E-state index contributed by atoms with van der Waals surface area (Å²) in [6.45, 7) is 5.60. The molecule has 0 radical (unpaired) electrons. The number of rotatable bonds is 3. The molecule has 0 spiro atoms. The highest BCUT2D eigenvalue weighted by Gasteiger charge is 2.20. The fourth-order valence-corrected chi connectivity index (χ4v) is 2.46. The minimum Gasteiger partial charge on any atom is -0.421 e. The number of aromatic nitrogens is 2. The number of nitrogens with zero attached hydrogens (tertiary/aromatic N) is 3. The van der Waals surface area contributed by atoms with Crippen LogP contribution in [0.4, 0.5) is 0 Å².